The van der Waals surface area contributed by atoms with Crippen LogP contribution in [0.25, 0.3) is 11.1 Å². The largest absolute Gasteiger partial charge is 0.478 e. The molecule has 0 aliphatic carbocycles. The second kappa shape index (κ2) is 6.71. The molecule has 1 aliphatic rings. The molecule has 0 radical (unpaired) electrons. The Hall–Kier alpha value is -2.53. The Morgan fingerprint density at radius 2 is 1.57 bits per heavy atom. The lowest BCUT2D eigenvalue weighted by Crippen LogP contribution is -2.18. The Kier molecular flexibility index (Phi) is 4.48. The van der Waals surface area contributed by atoms with Gasteiger partial charge in [0.2, 0.25) is 0 Å². The number of hydrogen-bond donors (Lipinski definition) is 2. The maximum atomic E-state index is 12.5. The van der Waals surface area contributed by atoms with Gasteiger partial charge in [0.1, 0.15) is 0 Å². The Bertz CT molecular complexity index is 784. The second-order valence-corrected chi connectivity index (χ2v) is 6.11. The normalized spacial score (nSPS) is 13.9. The number of rotatable bonds is 4. The molecule has 1 aliphatic heterocycles. The molecule has 0 unspecified atom stereocenters. The molecule has 0 fully saturated rings. The van der Waals surface area contributed by atoms with Crippen molar-refractivity contribution in [3.63, 3.8) is 0 Å². The van der Waals surface area contributed by atoms with Gasteiger partial charge in [0.05, 0.1) is 5.57 Å². The molecule has 5 heteroatoms. The van der Waals surface area contributed by atoms with E-state index in [1.165, 1.54) is 11.8 Å². The first kappa shape index (κ1) is 15.4. The predicted octanol–water partition coefficient (Wildman–Crippen LogP) is 3.42. The maximum Gasteiger partial charge on any atom is 0.332 e. The van der Waals surface area contributed by atoms with E-state index in [4.69, 9.17) is 0 Å². The Morgan fingerprint density at radius 3 is 2.30 bits per heavy atom. The average Bonchev–Trinajstić information content (AvgIpc) is 3.06. The molecule has 0 aromatic heterocycles. The molecule has 1 heterocycles. The van der Waals surface area contributed by atoms with Gasteiger partial charge in [-0.15, -0.1) is 0 Å². The minimum Gasteiger partial charge on any atom is -0.478 e. The fourth-order valence-electron chi connectivity index (χ4n) is 2.48. The van der Waals surface area contributed by atoms with Crippen molar-refractivity contribution in [1.82, 2.24) is 0 Å². The van der Waals surface area contributed by atoms with Gasteiger partial charge < -0.3 is 10.4 Å². The van der Waals surface area contributed by atoms with Crippen LogP contribution in [0, 0.1) is 0 Å². The third-order valence-corrected chi connectivity index (χ3v) is 4.63. The zero-order chi connectivity index (χ0) is 16.2. The van der Waals surface area contributed by atoms with Crippen LogP contribution in [0.5, 0.6) is 0 Å². The van der Waals surface area contributed by atoms with Crippen molar-refractivity contribution < 1.29 is 14.7 Å². The Labute approximate surface area is 138 Å². The van der Waals surface area contributed by atoms with E-state index >= 15 is 0 Å². The van der Waals surface area contributed by atoms with Crippen LogP contribution >= 0.6 is 11.8 Å². The molecule has 1 amide bonds. The smallest absolute Gasteiger partial charge is 0.332 e. The average molecular weight is 325 g/mol. The molecule has 0 saturated heterocycles. The van der Waals surface area contributed by atoms with E-state index < -0.39 is 5.97 Å². The Morgan fingerprint density at radius 1 is 0.913 bits per heavy atom. The maximum absolute atomic E-state index is 12.5. The number of thioether (sulfide) groups is 1. The minimum atomic E-state index is -1.02. The lowest BCUT2D eigenvalue weighted by molar-refractivity contribution is -0.132. The molecule has 4 nitrogen and oxygen atoms in total. The molecule has 3 rings (SSSR count). The number of carboxylic acid groups (broad SMARTS) is 1. The number of carboxylic acids is 1. The summed E-state index contributed by atoms with van der Waals surface area (Å²) in [4.78, 5) is 23.7. The third kappa shape index (κ3) is 3.29. The lowest BCUT2D eigenvalue weighted by Gasteiger charge is -2.12. The number of para-hydroxylation sites is 1. The van der Waals surface area contributed by atoms with E-state index in [1.807, 2.05) is 54.6 Å². The number of anilines is 1. The number of carbonyl (C=O) groups is 2. The number of aliphatic carboxylic acids is 1. The van der Waals surface area contributed by atoms with Gasteiger partial charge in [-0.1, -0.05) is 48.5 Å². The first-order valence-corrected chi connectivity index (χ1v) is 8.31. The quantitative estimate of drug-likeness (QED) is 0.904. The molecule has 116 valence electrons. The molecule has 2 N–H and O–H groups in total. The van der Waals surface area contributed by atoms with Gasteiger partial charge in [-0.2, -0.15) is 11.8 Å². The second-order valence-electron chi connectivity index (χ2n) is 5.12. The number of nitrogens with one attached hydrogen (secondary N) is 1. The van der Waals surface area contributed by atoms with E-state index in [1.54, 1.807) is 0 Å². The number of hydrogen-bond acceptors (Lipinski definition) is 3. The highest BCUT2D eigenvalue weighted by Gasteiger charge is 2.26. The number of carbonyl (C=O) groups excluding carboxylic acids is 1. The molecule has 0 atom stereocenters. The van der Waals surface area contributed by atoms with Crippen molar-refractivity contribution in [2.24, 2.45) is 0 Å². The van der Waals surface area contributed by atoms with Crippen molar-refractivity contribution >= 4 is 29.3 Å². The molecular weight excluding hydrogens is 310 g/mol. The Balaban J connectivity index is 1.91. The molecule has 0 bridgehead atoms. The molecule has 0 saturated carbocycles. The standard InChI is InChI=1S/C18H15NO3S/c20-17(14-10-23-11-15(14)18(21)22)19-16-9-5-4-8-13(16)12-6-2-1-3-7-12/h1-9H,10-11H2,(H,19,20)(H,21,22). The SMILES string of the molecule is O=C(O)C1=C(C(=O)Nc2ccccc2-c2ccccc2)CSC1. The number of amides is 1. The number of benzene rings is 2. The molecule has 23 heavy (non-hydrogen) atoms. The minimum absolute atomic E-state index is 0.199. The van der Waals surface area contributed by atoms with Gasteiger partial charge in [0.25, 0.3) is 5.91 Å². The highest BCUT2D eigenvalue weighted by atomic mass is 32.2. The van der Waals surface area contributed by atoms with Crippen molar-refractivity contribution in [2.45, 2.75) is 0 Å². The third-order valence-electron chi connectivity index (χ3n) is 3.65. The van der Waals surface area contributed by atoms with Gasteiger partial charge in [-0.3, -0.25) is 4.79 Å². The van der Waals surface area contributed by atoms with Gasteiger partial charge in [0.15, 0.2) is 0 Å². The highest BCUT2D eigenvalue weighted by Crippen LogP contribution is 2.30. The summed E-state index contributed by atoms with van der Waals surface area (Å²) >= 11 is 1.44. The topological polar surface area (TPSA) is 66.4 Å². The van der Waals surface area contributed by atoms with E-state index in [-0.39, 0.29) is 11.5 Å². The van der Waals surface area contributed by atoms with E-state index in [9.17, 15) is 14.7 Å². The van der Waals surface area contributed by atoms with Gasteiger partial charge in [0, 0.05) is 28.3 Å². The van der Waals surface area contributed by atoms with Crippen LogP contribution in [0.15, 0.2) is 65.7 Å². The fourth-order valence-corrected chi connectivity index (χ4v) is 3.60. The zero-order valence-electron chi connectivity index (χ0n) is 12.3. The van der Waals surface area contributed by atoms with Crippen LogP contribution in [0.3, 0.4) is 0 Å². The van der Waals surface area contributed by atoms with Gasteiger partial charge in [-0.05, 0) is 11.6 Å². The summed E-state index contributed by atoms with van der Waals surface area (Å²) in [6, 6.07) is 17.3. The predicted molar refractivity (Wildman–Crippen MR) is 92.5 cm³/mol. The summed E-state index contributed by atoms with van der Waals surface area (Å²) in [6.45, 7) is 0. The summed E-state index contributed by atoms with van der Waals surface area (Å²) in [5.74, 6) is -0.549. The first-order chi connectivity index (χ1) is 11.2. The summed E-state index contributed by atoms with van der Waals surface area (Å²) < 4.78 is 0. The molecule has 0 spiro atoms. The monoisotopic (exact) mass is 325 g/mol. The van der Waals surface area contributed by atoms with Crippen LogP contribution < -0.4 is 5.32 Å². The van der Waals surface area contributed by atoms with E-state index in [0.29, 0.717) is 22.8 Å². The van der Waals surface area contributed by atoms with Crippen molar-refractivity contribution in [3.05, 3.63) is 65.7 Å². The van der Waals surface area contributed by atoms with Crippen LogP contribution in [-0.4, -0.2) is 28.5 Å². The summed E-state index contributed by atoms with van der Waals surface area (Å²) in [5, 5.41) is 12.0. The van der Waals surface area contributed by atoms with E-state index in [2.05, 4.69) is 5.32 Å². The lowest BCUT2D eigenvalue weighted by atomic mass is 10.0. The van der Waals surface area contributed by atoms with E-state index in [0.717, 1.165) is 11.1 Å². The molecule has 2 aromatic carbocycles. The van der Waals surface area contributed by atoms with Crippen LogP contribution in [0.2, 0.25) is 0 Å². The van der Waals surface area contributed by atoms with Crippen molar-refractivity contribution in [3.8, 4) is 11.1 Å². The summed E-state index contributed by atoms with van der Waals surface area (Å²) in [7, 11) is 0. The van der Waals surface area contributed by atoms with Crippen molar-refractivity contribution in [1.29, 1.82) is 0 Å². The summed E-state index contributed by atoms with van der Waals surface area (Å²) in [5.41, 5.74) is 3.13. The highest BCUT2D eigenvalue weighted by molar-refractivity contribution is 8.00. The van der Waals surface area contributed by atoms with Crippen LogP contribution in [0.4, 0.5) is 5.69 Å². The van der Waals surface area contributed by atoms with Crippen LogP contribution in [0.1, 0.15) is 0 Å². The first-order valence-electron chi connectivity index (χ1n) is 7.15. The fraction of sp³-hybridized carbons (Fsp3) is 0.111. The summed E-state index contributed by atoms with van der Waals surface area (Å²) in [6.07, 6.45) is 0. The van der Waals surface area contributed by atoms with Gasteiger partial charge >= 0.3 is 5.97 Å². The van der Waals surface area contributed by atoms with Gasteiger partial charge in [-0.25, -0.2) is 4.79 Å². The zero-order valence-corrected chi connectivity index (χ0v) is 13.1. The molecule has 2 aromatic rings. The van der Waals surface area contributed by atoms with Crippen molar-refractivity contribution in [2.75, 3.05) is 16.8 Å². The van der Waals surface area contributed by atoms with Crippen LogP contribution in [-0.2, 0) is 9.59 Å². The molecular formula is C18H15NO3S.